The standard InChI is InChI=1S/C25H27N5O4/c1-15(2)30-22(26)17(14-18-23(30)28-21-7-5-6-12-29(21)25(18)32)24(31)27-11-10-16-8-9-19(33-3)20(13-16)34-4/h5-9,12-15,26H,10-11H2,1-4H3,(H,27,31). The van der Waals surface area contributed by atoms with Crippen LogP contribution < -0.4 is 25.8 Å². The smallest absolute Gasteiger partial charge is 0.267 e. The number of benzene rings is 1. The van der Waals surface area contributed by atoms with Crippen LogP contribution in [0.5, 0.6) is 11.5 Å². The van der Waals surface area contributed by atoms with Gasteiger partial charge in [-0.1, -0.05) is 12.1 Å². The second kappa shape index (κ2) is 9.38. The van der Waals surface area contributed by atoms with E-state index in [2.05, 4.69) is 10.3 Å². The van der Waals surface area contributed by atoms with E-state index >= 15 is 0 Å². The topological polar surface area (TPSA) is 111 Å². The summed E-state index contributed by atoms with van der Waals surface area (Å²) in [6, 6.07) is 12.2. The fourth-order valence-corrected chi connectivity index (χ4v) is 3.98. The van der Waals surface area contributed by atoms with Crippen molar-refractivity contribution in [1.82, 2.24) is 19.3 Å². The normalized spacial score (nSPS) is 11.2. The van der Waals surface area contributed by atoms with E-state index in [1.54, 1.807) is 43.2 Å². The summed E-state index contributed by atoms with van der Waals surface area (Å²) in [5.41, 5.74) is 1.70. The number of aromatic nitrogens is 3. The van der Waals surface area contributed by atoms with E-state index in [9.17, 15) is 9.59 Å². The molecule has 176 valence electrons. The summed E-state index contributed by atoms with van der Waals surface area (Å²) in [6.07, 6.45) is 2.20. The van der Waals surface area contributed by atoms with Crippen molar-refractivity contribution >= 4 is 22.6 Å². The molecule has 9 heteroatoms. The molecule has 0 aliphatic rings. The zero-order valence-electron chi connectivity index (χ0n) is 19.6. The number of ether oxygens (including phenoxy) is 2. The number of nitrogens with one attached hydrogen (secondary N) is 2. The summed E-state index contributed by atoms with van der Waals surface area (Å²) >= 11 is 0. The molecule has 4 rings (SSSR count). The highest BCUT2D eigenvalue weighted by atomic mass is 16.5. The molecule has 34 heavy (non-hydrogen) atoms. The van der Waals surface area contributed by atoms with Crippen molar-refractivity contribution in [2.45, 2.75) is 26.3 Å². The molecule has 0 saturated carbocycles. The lowest BCUT2D eigenvalue weighted by Crippen LogP contribution is -2.36. The highest BCUT2D eigenvalue weighted by molar-refractivity contribution is 5.96. The van der Waals surface area contributed by atoms with Crippen LogP contribution >= 0.6 is 0 Å². The van der Waals surface area contributed by atoms with Gasteiger partial charge in [-0.15, -0.1) is 0 Å². The lowest BCUT2D eigenvalue weighted by molar-refractivity contribution is 0.0951. The van der Waals surface area contributed by atoms with Gasteiger partial charge in [-0.05, 0) is 56.2 Å². The van der Waals surface area contributed by atoms with Gasteiger partial charge in [0.25, 0.3) is 11.5 Å². The van der Waals surface area contributed by atoms with Crippen molar-refractivity contribution < 1.29 is 14.3 Å². The van der Waals surface area contributed by atoms with Crippen LogP contribution in [-0.2, 0) is 6.42 Å². The molecule has 1 amide bonds. The predicted molar refractivity (Wildman–Crippen MR) is 129 cm³/mol. The van der Waals surface area contributed by atoms with Gasteiger partial charge in [-0.25, -0.2) is 4.98 Å². The monoisotopic (exact) mass is 461 g/mol. The largest absolute Gasteiger partial charge is 0.493 e. The van der Waals surface area contributed by atoms with Crippen LogP contribution in [0.2, 0.25) is 0 Å². The van der Waals surface area contributed by atoms with E-state index in [0.717, 1.165) is 5.56 Å². The van der Waals surface area contributed by atoms with Gasteiger partial charge in [0.05, 0.1) is 25.2 Å². The van der Waals surface area contributed by atoms with Crippen LogP contribution in [0, 0.1) is 5.41 Å². The molecule has 0 radical (unpaired) electrons. The van der Waals surface area contributed by atoms with E-state index in [0.29, 0.717) is 41.1 Å². The minimum Gasteiger partial charge on any atom is -0.493 e. The molecule has 0 atom stereocenters. The Hall–Kier alpha value is -4.14. The summed E-state index contributed by atoms with van der Waals surface area (Å²) in [6.45, 7) is 4.14. The molecule has 0 aliphatic carbocycles. The molecule has 3 heterocycles. The van der Waals surface area contributed by atoms with Gasteiger partial charge in [0.1, 0.15) is 16.8 Å². The van der Waals surface area contributed by atoms with Gasteiger partial charge in [0.15, 0.2) is 11.5 Å². The molecule has 0 aliphatic heterocycles. The fraction of sp³-hybridized carbons (Fsp3) is 0.280. The van der Waals surface area contributed by atoms with Crippen LogP contribution in [0.15, 0.2) is 53.5 Å². The summed E-state index contributed by atoms with van der Waals surface area (Å²) in [4.78, 5) is 30.8. The Bertz CT molecular complexity index is 1500. The fourth-order valence-electron chi connectivity index (χ4n) is 3.98. The average molecular weight is 462 g/mol. The summed E-state index contributed by atoms with van der Waals surface area (Å²) in [5.74, 6) is 0.836. The first-order chi connectivity index (χ1) is 16.3. The molecule has 0 bridgehead atoms. The van der Waals surface area contributed by atoms with Crippen molar-refractivity contribution in [2.75, 3.05) is 20.8 Å². The molecule has 0 fully saturated rings. The van der Waals surface area contributed by atoms with E-state index in [1.165, 1.54) is 10.5 Å². The third-order valence-corrected chi connectivity index (χ3v) is 5.67. The number of methoxy groups -OCH3 is 2. The van der Waals surface area contributed by atoms with Crippen molar-refractivity contribution in [3.05, 3.63) is 75.6 Å². The number of fused-ring (bicyclic) bond motifs is 2. The van der Waals surface area contributed by atoms with Crippen molar-refractivity contribution in [3.8, 4) is 11.5 Å². The Balaban J connectivity index is 1.67. The van der Waals surface area contributed by atoms with Gasteiger partial charge in [0, 0.05) is 18.8 Å². The SMILES string of the molecule is COc1ccc(CCNC(=O)c2cc3c(=O)n4ccccc4nc3n(C(C)C)c2=N)cc1OC. The number of hydrogen-bond donors (Lipinski definition) is 2. The molecule has 2 N–H and O–H groups in total. The molecule has 1 aromatic carbocycles. The van der Waals surface area contributed by atoms with Gasteiger partial charge >= 0.3 is 0 Å². The second-order valence-electron chi connectivity index (χ2n) is 8.15. The lowest BCUT2D eigenvalue weighted by Gasteiger charge is -2.17. The maximum Gasteiger partial charge on any atom is 0.267 e. The maximum absolute atomic E-state index is 13.2. The average Bonchev–Trinajstić information content (AvgIpc) is 2.83. The zero-order valence-corrected chi connectivity index (χ0v) is 19.6. The minimum absolute atomic E-state index is 0.0123. The molecule has 4 aromatic rings. The molecule has 0 spiro atoms. The number of carbonyl (C=O) groups excluding carboxylic acids is 1. The number of rotatable bonds is 7. The van der Waals surface area contributed by atoms with Crippen LogP contribution in [-0.4, -0.2) is 40.6 Å². The van der Waals surface area contributed by atoms with Crippen LogP contribution in [0.4, 0.5) is 0 Å². The third kappa shape index (κ3) is 4.12. The van der Waals surface area contributed by atoms with E-state index < -0.39 is 5.91 Å². The van der Waals surface area contributed by atoms with E-state index in [4.69, 9.17) is 14.9 Å². The Morgan fingerprint density at radius 2 is 1.88 bits per heavy atom. The van der Waals surface area contributed by atoms with Gasteiger partial charge in [-0.2, -0.15) is 0 Å². The number of pyridine rings is 2. The molecular formula is C25H27N5O4. The van der Waals surface area contributed by atoms with Crippen LogP contribution in [0.1, 0.15) is 35.8 Å². The third-order valence-electron chi connectivity index (χ3n) is 5.67. The van der Waals surface area contributed by atoms with Gasteiger partial charge in [-0.3, -0.25) is 19.4 Å². The number of carbonyl (C=O) groups is 1. The summed E-state index contributed by atoms with van der Waals surface area (Å²) in [7, 11) is 3.15. The highest BCUT2D eigenvalue weighted by Gasteiger charge is 2.18. The van der Waals surface area contributed by atoms with Gasteiger partial charge in [0.2, 0.25) is 0 Å². The Morgan fingerprint density at radius 1 is 1.12 bits per heavy atom. The lowest BCUT2D eigenvalue weighted by atomic mass is 10.1. The molecule has 9 nitrogen and oxygen atoms in total. The summed E-state index contributed by atoms with van der Waals surface area (Å²) in [5, 5.41) is 11.8. The molecule has 0 saturated heterocycles. The number of hydrogen-bond acceptors (Lipinski definition) is 6. The second-order valence-corrected chi connectivity index (χ2v) is 8.15. The van der Waals surface area contributed by atoms with Crippen molar-refractivity contribution in [2.24, 2.45) is 0 Å². The van der Waals surface area contributed by atoms with E-state index in [1.807, 2.05) is 32.0 Å². The quantitative estimate of drug-likeness (QED) is 0.411. The Kier molecular flexibility index (Phi) is 6.36. The van der Waals surface area contributed by atoms with Crippen molar-refractivity contribution in [3.63, 3.8) is 0 Å². The van der Waals surface area contributed by atoms with E-state index in [-0.39, 0.29) is 22.7 Å². The minimum atomic E-state index is -0.417. The first-order valence-electron chi connectivity index (χ1n) is 11.0. The summed E-state index contributed by atoms with van der Waals surface area (Å²) < 4.78 is 13.6. The first kappa shape index (κ1) is 23.0. The Labute approximate surface area is 196 Å². The van der Waals surface area contributed by atoms with Gasteiger partial charge < -0.3 is 19.4 Å². The molecule has 3 aromatic heterocycles. The van der Waals surface area contributed by atoms with Crippen LogP contribution in [0.3, 0.4) is 0 Å². The van der Waals surface area contributed by atoms with Crippen molar-refractivity contribution in [1.29, 1.82) is 5.41 Å². The number of nitrogens with zero attached hydrogens (tertiary/aromatic N) is 3. The molecular weight excluding hydrogens is 434 g/mol. The Morgan fingerprint density at radius 3 is 2.59 bits per heavy atom. The predicted octanol–water partition coefficient (Wildman–Crippen LogP) is 2.70. The highest BCUT2D eigenvalue weighted by Crippen LogP contribution is 2.27. The maximum atomic E-state index is 13.2. The first-order valence-corrected chi connectivity index (χ1v) is 11.0. The molecule has 0 unspecified atom stereocenters. The zero-order chi connectivity index (χ0) is 24.4. The number of amides is 1. The van der Waals surface area contributed by atoms with Crippen LogP contribution in [0.25, 0.3) is 16.7 Å².